The summed E-state index contributed by atoms with van der Waals surface area (Å²) in [7, 11) is 1.28. The summed E-state index contributed by atoms with van der Waals surface area (Å²) in [6.07, 6.45) is 1.46. The predicted octanol–water partition coefficient (Wildman–Crippen LogP) is 2.61. The van der Waals surface area contributed by atoms with E-state index in [1.807, 2.05) is 0 Å². The van der Waals surface area contributed by atoms with Gasteiger partial charge in [0, 0.05) is 6.54 Å². The van der Waals surface area contributed by atoms with Crippen molar-refractivity contribution in [3.63, 3.8) is 0 Å². The van der Waals surface area contributed by atoms with Crippen molar-refractivity contribution in [3.8, 4) is 0 Å². The van der Waals surface area contributed by atoms with Gasteiger partial charge in [0.1, 0.15) is 6.61 Å². The Kier molecular flexibility index (Phi) is 5.35. The molecule has 0 unspecified atom stereocenters. The first-order valence-electron chi connectivity index (χ1n) is 8.41. The Labute approximate surface area is 161 Å². The third-order valence-electron chi connectivity index (χ3n) is 4.24. The zero-order valence-corrected chi connectivity index (χ0v) is 15.1. The maximum absolute atomic E-state index is 12.3. The number of nitrogens with zero attached hydrogens (tertiary/aromatic N) is 1. The van der Waals surface area contributed by atoms with Gasteiger partial charge >= 0.3 is 11.9 Å². The van der Waals surface area contributed by atoms with Gasteiger partial charge in [-0.25, -0.2) is 9.59 Å². The molecule has 7 heteroatoms. The van der Waals surface area contributed by atoms with Crippen molar-refractivity contribution in [2.45, 2.75) is 6.61 Å². The zero-order chi connectivity index (χ0) is 20.3. The average Bonchev–Trinajstić information content (AvgIpc) is 2.96. The van der Waals surface area contributed by atoms with Gasteiger partial charge < -0.3 is 9.47 Å². The average molecular weight is 379 g/mol. The first kappa shape index (κ1) is 19.0. The van der Waals surface area contributed by atoms with Crippen molar-refractivity contribution >= 4 is 23.8 Å². The van der Waals surface area contributed by atoms with Gasteiger partial charge in [-0.3, -0.25) is 14.5 Å². The van der Waals surface area contributed by atoms with E-state index in [-0.39, 0.29) is 29.8 Å². The van der Waals surface area contributed by atoms with Crippen LogP contribution in [0.25, 0.3) is 0 Å². The van der Waals surface area contributed by atoms with Crippen LogP contribution in [0, 0.1) is 0 Å². The quantitative estimate of drug-likeness (QED) is 0.435. The second-order valence-corrected chi connectivity index (χ2v) is 6.04. The molecule has 1 aliphatic heterocycles. The Bertz CT molecular complexity index is 994. The Balaban J connectivity index is 1.73. The monoisotopic (exact) mass is 379 g/mol. The minimum atomic E-state index is -0.645. The fraction of sp³-hybridized carbons (Fsp3) is 0.143. The van der Waals surface area contributed by atoms with Gasteiger partial charge in [0.2, 0.25) is 0 Å². The number of hydrogen-bond donors (Lipinski definition) is 0. The normalized spacial score (nSPS) is 12.5. The van der Waals surface area contributed by atoms with E-state index in [4.69, 9.17) is 4.74 Å². The van der Waals surface area contributed by atoms with E-state index in [1.165, 1.54) is 31.4 Å². The number of hydrogen-bond acceptors (Lipinski definition) is 6. The van der Waals surface area contributed by atoms with Crippen LogP contribution in [0.15, 0.2) is 55.1 Å². The van der Waals surface area contributed by atoms with Crippen molar-refractivity contribution in [1.29, 1.82) is 0 Å². The van der Waals surface area contributed by atoms with Crippen molar-refractivity contribution in [2.24, 2.45) is 0 Å². The number of amides is 2. The summed E-state index contributed by atoms with van der Waals surface area (Å²) >= 11 is 0. The van der Waals surface area contributed by atoms with Crippen LogP contribution < -0.4 is 0 Å². The highest BCUT2D eigenvalue weighted by molar-refractivity contribution is 6.22. The molecule has 0 radical (unpaired) electrons. The molecule has 3 rings (SSSR count). The SMILES string of the molecule is C=CCN1C(=O)c2ccc(C(=O)OCc3cccc(C(=O)OC)c3)cc2C1=O. The molecular weight excluding hydrogens is 362 g/mol. The van der Waals surface area contributed by atoms with E-state index >= 15 is 0 Å². The predicted molar refractivity (Wildman–Crippen MR) is 98.9 cm³/mol. The molecule has 0 N–H and O–H groups in total. The van der Waals surface area contributed by atoms with Gasteiger partial charge in [-0.2, -0.15) is 0 Å². The molecule has 0 atom stereocenters. The Hall–Kier alpha value is -3.74. The summed E-state index contributed by atoms with van der Waals surface area (Å²) in [4.78, 5) is 49.5. The zero-order valence-electron chi connectivity index (χ0n) is 15.1. The van der Waals surface area contributed by atoms with Gasteiger partial charge in [0.25, 0.3) is 11.8 Å². The lowest BCUT2D eigenvalue weighted by Gasteiger charge is -2.09. The summed E-state index contributed by atoms with van der Waals surface area (Å²) in [5.41, 5.74) is 1.52. The van der Waals surface area contributed by atoms with E-state index in [9.17, 15) is 19.2 Å². The first-order chi connectivity index (χ1) is 13.5. The van der Waals surface area contributed by atoms with Gasteiger partial charge in [-0.05, 0) is 35.9 Å². The van der Waals surface area contributed by atoms with E-state index in [0.717, 1.165) is 4.90 Å². The number of carbonyl (C=O) groups excluding carboxylic acids is 4. The summed E-state index contributed by atoms with van der Waals surface area (Å²) in [5, 5.41) is 0. The Morgan fingerprint density at radius 2 is 1.71 bits per heavy atom. The molecule has 0 bridgehead atoms. The van der Waals surface area contributed by atoms with Gasteiger partial charge in [0.15, 0.2) is 0 Å². The Morgan fingerprint density at radius 1 is 1.00 bits per heavy atom. The molecule has 2 amide bonds. The lowest BCUT2D eigenvalue weighted by Crippen LogP contribution is -2.29. The molecule has 0 aromatic heterocycles. The van der Waals surface area contributed by atoms with Crippen LogP contribution in [-0.2, 0) is 16.1 Å². The molecule has 7 nitrogen and oxygen atoms in total. The van der Waals surface area contributed by atoms with Crippen molar-refractivity contribution < 1.29 is 28.7 Å². The fourth-order valence-electron chi connectivity index (χ4n) is 2.85. The molecule has 0 saturated carbocycles. The minimum Gasteiger partial charge on any atom is -0.465 e. The molecule has 0 saturated heterocycles. The maximum Gasteiger partial charge on any atom is 0.338 e. The number of imide groups is 1. The number of rotatable bonds is 6. The van der Waals surface area contributed by atoms with Gasteiger partial charge in [0.05, 0.1) is 29.4 Å². The molecule has 0 aliphatic carbocycles. The fourth-order valence-corrected chi connectivity index (χ4v) is 2.85. The maximum atomic E-state index is 12.3. The second kappa shape index (κ2) is 7.87. The second-order valence-electron chi connectivity index (χ2n) is 6.04. The first-order valence-corrected chi connectivity index (χ1v) is 8.41. The van der Waals surface area contributed by atoms with Gasteiger partial charge in [-0.15, -0.1) is 6.58 Å². The van der Waals surface area contributed by atoms with E-state index in [0.29, 0.717) is 11.1 Å². The van der Waals surface area contributed by atoms with Crippen LogP contribution >= 0.6 is 0 Å². The molecular formula is C21H17NO6. The standard InChI is InChI=1S/C21H17NO6/c1-3-9-22-18(23)16-8-7-15(11-17(16)19(22)24)21(26)28-12-13-5-4-6-14(10-13)20(25)27-2/h3-8,10-11H,1,9,12H2,2H3. The molecule has 2 aromatic carbocycles. The highest BCUT2D eigenvalue weighted by atomic mass is 16.5. The van der Waals surface area contributed by atoms with E-state index in [1.54, 1.807) is 24.3 Å². The highest BCUT2D eigenvalue weighted by Crippen LogP contribution is 2.24. The summed E-state index contributed by atoms with van der Waals surface area (Å²) in [6, 6.07) is 10.8. The van der Waals surface area contributed by atoms with Crippen molar-refractivity contribution in [2.75, 3.05) is 13.7 Å². The van der Waals surface area contributed by atoms with Crippen LogP contribution in [0.3, 0.4) is 0 Å². The summed E-state index contributed by atoms with van der Waals surface area (Å²) in [6.45, 7) is 3.57. The molecule has 28 heavy (non-hydrogen) atoms. The van der Waals surface area contributed by atoms with Crippen LogP contribution in [0.5, 0.6) is 0 Å². The number of esters is 2. The summed E-state index contributed by atoms with van der Waals surface area (Å²) < 4.78 is 9.92. The van der Waals surface area contributed by atoms with E-state index < -0.39 is 23.8 Å². The lowest BCUT2D eigenvalue weighted by molar-refractivity contribution is 0.0472. The van der Waals surface area contributed by atoms with Crippen LogP contribution in [0.1, 0.15) is 47.0 Å². The Morgan fingerprint density at radius 3 is 2.43 bits per heavy atom. The number of fused-ring (bicyclic) bond motifs is 1. The molecule has 0 spiro atoms. The minimum absolute atomic E-state index is 0.0593. The van der Waals surface area contributed by atoms with Crippen molar-refractivity contribution in [1.82, 2.24) is 4.90 Å². The number of methoxy groups -OCH3 is 1. The third kappa shape index (κ3) is 3.55. The topological polar surface area (TPSA) is 90.0 Å². The lowest BCUT2D eigenvalue weighted by atomic mass is 10.1. The smallest absolute Gasteiger partial charge is 0.338 e. The summed E-state index contributed by atoms with van der Waals surface area (Å²) in [5.74, 6) is -2.02. The molecule has 0 fully saturated rings. The van der Waals surface area contributed by atoms with Gasteiger partial charge in [-0.1, -0.05) is 18.2 Å². The molecule has 2 aromatic rings. The molecule has 142 valence electrons. The molecule has 1 aliphatic rings. The number of carbonyl (C=O) groups is 4. The van der Waals surface area contributed by atoms with Crippen LogP contribution in [-0.4, -0.2) is 42.3 Å². The molecule has 1 heterocycles. The highest BCUT2D eigenvalue weighted by Gasteiger charge is 2.35. The van der Waals surface area contributed by atoms with Crippen molar-refractivity contribution in [3.05, 3.63) is 82.9 Å². The van der Waals surface area contributed by atoms with E-state index in [2.05, 4.69) is 11.3 Å². The largest absolute Gasteiger partial charge is 0.465 e. The number of ether oxygens (including phenoxy) is 2. The van der Waals surface area contributed by atoms with Crippen LogP contribution in [0.4, 0.5) is 0 Å². The number of benzene rings is 2. The van der Waals surface area contributed by atoms with Crippen LogP contribution in [0.2, 0.25) is 0 Å². The third-order valence-corrected chi connectivity index (χ3v) is 4.24.